The predicted molar refractivity (Wildman–Crippen MR) is 85.1 cm³/mol. The van der Waals surface area contributed by atoms with Gasteiger partial charge in [0.1, 0.15) is 30.1 Å². The van der Waals surface area contributed by atoms with Gasteiger partial charge in [0.05, 0.1) is 6.54 Å². The van der Waals surface area contributed by atoms with Crippen molar-refractivity contribution in [3.8, 4) is 5.75 Å². The van der Waals surface area contributed by atoms with Gasteiger partial charge in [0.2, 0.25) is 0 Å². The minimum absolute atomic E-state index is 0.289. The third kappa shape index (κ3) is 3.54. The third-order valence-electron chi connectivity index (χ3n) is 3.92. The number of aromatic nitrogens is 2. The smallest absolute Gasteiger partial charge is 0.132 e. The number of piperidine rings is 1. The maximum atomic E-state index is 10.8. The lowest BCUT2D eigenvalue weighted by Gasteiger charge is -2.39. The molecule has 1 atom stereocenters. The number of para-hydroxylation sites is 1. The van der Waals surface area contributed by atoms with E-state index in [9.17, 15) is 5.11 Å². The largest absolute Gasteiger partial charge is 0.491 e. The van der Waals surface area contributed by atoms with Crippen molar-refractivity contribution >= 4 is 5.82 Å². The van der Waals surface area contributed by atoms with Crippen molar-refractivity contribution in [3.05, 3.63) is 48.4 Å². The molecular weight excluding hydrogens is 278 g/mol. The van der Waals surface area contributed by atoms with Crippen LogP contribution in [-0.2, 0) is 0 Å². The van der Waals surface area contributed by atoms with Crippen molar-refractivity contribution in [2.45, 2.75) is 25.4 Å². The Labute approximate surface area is 130 Å². The van der Waals surface area contributed by atoms with Crippen LogP contribution in [0, 0.1) is 6.92 Å². The number of aliphatic hydroxyl groups is 1. The fourth-order valence-electron chi connectivity index (χ4n) is 2.77. The highest BCUT2D eigenvalue weighted by Crippen LogP contribution is 2.26. The summed E-state index contributed by atoms with van der Waals surface area (Å²) in [5.74, 6) is 1.65. The summed E-state index contributed by atoms with van der Waals surface area (Å²) in [7, 11) is 0. The van der Waals surface area contributed by atoms with Gasteiger partial charge in [0.25, 0.3) is 0 Å². The maximum absolute atomic E-state index is 10.8. The van der Waals surface area contributed by atoms with Gasteiger partial charge in [-0.1, -0.05) is 18.2 Å². The molecule has 0 bridgehead atoms. The van der Waals surface area contributed by atoms with Crippen molar-refractivity contribution < 1.29 is 9.84 Å². The Bertz CT molecular complexity index is 620. The molecular formula is C17H21N3O2. The van der Waals surface area contributed by atoms with Crippen molar-refractivity contribution in [1.29, 1.82) is 0 Å². The number of rotatable bonds is 4. The summed E-state index contributed by atoms with van der Waals surface area (Å²) in [6.45, 7) is 3.65. The topological polar surface area (TPSA) is 58.5 Å². The number of benzene rings is 1. The summed E-state index contributed by atoms with van der Waals surface area (Å²) in [6, 6.07) is 11.5. The van der Waals surface area contributed by atoms with Crippen LogP contribution in [0.1, 0.15) is 18.5 Å². The first-order chi connectivity index (χ1) is 10.6. The highest BCUT2D eigenvalue weighted by atomic mass is 16.5. The number of β-amino-alcohol motifs (C(OH)–C–C–N with tert-alkyl or cyclic N) is 1. The second kappa shape index (κ2) is 6.32. The Balaban J connectivity index is 1.66. The second-order valence-electron chi connectivity index (χ2n) is 5.87. The van der Waals surface area contributed by atoms with Crippen LogP contribution in [0.4, 0.5) is 5.82 Å². The third-order valence-corrected chi connectivity index (χ3v) is 3.92. The first kappa shape index (κ1) is 14.8. The van der Waals surface area contributed by atoms with E-state index in [4.69, 9.17) is 4.74 Å². The lowest BCUT2D eigenvalue weighted by Crippen LogP contribution is -2.52. The Morgan fingerprint density at radius 1 is 1.27 bits per heavy atom. The summed E-state index contributed by atoms with van der Waals surface area (Å²) >= 11 is 0. The van der Waals surface area contributed by atoms with Gasteiger partial charge in [-0.05, 0) is 31.9 Å². The highest BCUT2D eigenvalue weighted by molar-refractivity contribution is 5.40. The molecule has 5 heteroatoms. The first-order valence-electron chi connectivity index (χ1n) is 7.58. The zero-order valence-corrected chi connectivity index (χ0v) is 12.8. The van der Waals surface area contributed by atoms with E-state index in [1.807, 2.05) is 43.3 Å². The van der Waals surface area contributed by atoms with Gasteiger partial charge >= 0.3 is 0 Å². The summed E-state index contributed by atoms with van der Waals surface area (Å²) in [5.41, 5.74) is 0.0760. The van der Waals surface area contributed by atoms with Crippen molar-refractivity contribution in [3.63, 3.8) is 0 Å². The molecule has 0 spiro atoms. The quantitative estimate of drug-likeness (QED) is 0.938. The van der Waals surface area contributed by atoms with E-state index in [-0.39, 0.29) is 6.61 Å². The van der Waals surface area contributed by atoms with E-state index in [0.717, 1.165) is 36.6 Å². The van der Waals surface area contributed by atoms with Gasteiger partial charge < -0.3 is 14.7 Å². The van der Waals surface area contributed by atoms with Crippen LogP contribution < -0.4 is 9.64 Å². The number of anilines is 1. The van der Waals surface area contributed by atoms with Crippen molar-refractivity contribution in [2.75, 3.05) is 24.6 Å². The van der Waals surface area contributed by atoms with Crippen molar-refractivity contribution in [1.82, 2.24) is 9.97 Å². The van der Waals surface area contributed by atoms with E-state index < -0.39 is 5.60 Å². The summed E-state index contributed by atoms with van der Waals surface area (Å²) < 4.78 is 5.75. The molecule has 5 nitrogen and oxygen atoms in total. The fraction of sp³-hybridized carbons (Fsp3) is 0.412. The number of aryl methyl sites for hydroxylation is 1. The Morgan fingerprint density at radius 3 is 2.86 bits per heavy atom. The van der Waals surface area contributed by atoms with Crippen LogP contribution in [0.25, 0.3) is 0 Å². The number of hydrogen-bond acceptors (Lipinski definition) is 5. The van der Waals surface area contributed by atoms with Crippen molar-refractivity contribution in [2.24, 2.45) is 0 Å². The summed E-state index contributed by atoms with van der Waals surface area (Å²) in [4.78, 5) is 10.5. The predicted octanol–water partition coefficient (Wildman–Crippen LogP) is 2.20. The molecule has 1 saturated heterocycles. The molecule has 0 saturated carbocycles. The molecule has 2 aromatic rings. The van der Waals surface area contributed by atoms with E-state index >= 15 is 0 Å². The standard InChI is InChI=1S/C17H21N3O2/c1-14-10-16(19-13-18-14)20-9-5-8-17(21,11-20)12-22-15-6-3-2-4-7-15/h2-4,6-7,10,13,21H,5,8-9,11-12H2,1H3/t17-/m1/s1. The normalized spacial score (nSPS) is 21.6. The zero-order chi connectivity index (χ0) is 15.4. The molecule has 1 aliphatic heterocycles. The number of hydrogen-bond donors (Lipinski definition) is 1. The van der Waals surface area contributed by atoms with Crippen LogP contribution in [0.3, 0.4) is 0 Å². The first-order valence-corrected chi connectivity index (χ1v) is 7.58. The molecule has 1 aliphatic rings. The van der Waals surface area contributed by atoms with Crippen LogP contribution >= 0.6 is 0 Å². The lowest BCUT2D eigenvalue weighted by atomic mass is 9.93. The number of nitrogens with zero attached hydrogens (tertiary/aromatic N) is 3. The lowest BCUT2D eigenvalue weighted by molar-refractivity contribution is -0.0156. The molecule has 1 aromatic heterocycles. The Hall–Kier alpha value is -2.14. The van der Waals surface area contributed by atoms with Gasteiger partial charge in [-0.25, -0.2) is 9.97 Å². The molecule has 0 unspecified atom stereocenters. The zero-order valence-electron chi connectivity index (χ0n) is 12.8. The molecule has 0 radical (unpaired) electrons. The molecule has 3 rings (SSSR count). The minimum atomic E-state index is -0.854. The fourth-order valence-corrected chi connectivity index (χ4v) is 2.77. The van der Waals surface area contributed by atoms with Crippen LogP contribution in [0.5, 0.6) is 5.75 Å². The minimum Gasteiger partial charge on any atom is -0.491 e. The molecule has 2 heterocycles. The molecule has 1 aromatic carbocycles. The summed E-state index contributed by atoms with van der Waals surface area (Å²) in [6.07, 6.45) is 3.22. The molecule has 0 amide bonds. The molecule has 0 aliphatic carbocycles. The highest BCUT2D eigenvalue weighted by Gasteiger charge is 2.34. The number of ether oxygens (including phenoxy) is 1. The van der Waals surface area contributed by atoms with Gasteiger partial charge in [-0.2, -0.15) is 0 Å². The average molecular weight is 299 g/mol. The van der Waals surface area contributed by atoms with E-state index in [1.165, 1.54) is 0 Å². The van der Waals surface area contributed by atoms with Gasteiger partial charge in [0.15, 0.2) is 0 Å². The average Bonchev–Trinajstić information content (AvgIpc) is 2.54. The van der Waals surface area contributed by atoms with Crippen LogP contribution in [0.2, 0.25) is 0 Å². The Kier molecular flexibility index (Phi) is 4.24. The SMILES string of the molecule is Cc1cc(N2CCC[C@](O)(COc3ccccc3)C2)ncn1. The molecule has 116 valence electrons. The molecule has 1 N–H and O–H groups in total. The van der Waals surface area contributed by atoms with E-state index in [0.29, 0.717) is 6.54 Å². The monoisotopic (exact) mass is 299 g/mol. The maximum Gasteiger partial charge on any atom is 0.132 e. The van der Waals surface area contributed by atoms with Crippen LogP contribution in [0.15, 0.2) is 42.7 Å². The second-order valence-corrected chi connectivity index (χ2v) is 5.87. The van der Waals surface area contributed by atoms with E-state index in [2.05, 4.69) is 14.9 Å². The Morgan fingerprint density at radius 2 is 2.09 bits per heavy atom. The van der Waals surface area contributed by atoms with Gasteiger partial charge in [-0.15, -0.1) is 0 Å². The van der Waals surface area contributed by atoms with Gasteiger partial charge in [0, 0.05) is 18.3 Å². The summed E-state index contributed by atoms with van der Waals surface area (Å²) in [5, 5.41) is 10.8. The molecule has 1 fully saturated rings. The van der Waals surface area contributed by atoms with Gasteiger partial charge in [-0.3, -0.25) is 0 Å². The van der Waals surface area contributed by atoms with Crippen LogP contribution in [-0.4, -0.2) is 40.4 Å². The molecule has 22 heavy (non-hydrogen) atoms. The van der Waals surface area contributed by atoms with E-state index in [1.54, 1.807) is 6.33 Å².